The normalized spacial score (nSPS) is 16.7. The quantitative estimate of drug-likeness (QED) is 0.357. The summed E-state index contributed by atoms with van der Waals surface area (Å²) in [6.45, 7) is 7.07. The zero-order valence-electron chi connectivity index (χ0n) is 22.0. The number of amides is 1. The molecule has 2 aliphatic rings. The largest absolute Gasteiger partial charge is 0.487 e. The van der Waals surface area contributed by atoms with Gasteiger partial charge in [-0.05, 0) is 80.1 Å². The smallest absolute Gasteiger partial charge is 0.410 e. The number of benzene rings is 2. The lowest BCUT2D eigenvalue weighted by Gasteiger charge is -2.44. The average Bonchev–Trinajstić information content (AvgIpc) is 2.89. The molecular formula is C31H36N2O3S. The fraction of sp³-hybridized carbons (Fsp3) is 0.419. The number of nitrogens with zero attached hydrogens (tertiary/aromatic N) is 2. The molecule has 3 aromatic rings. The molecule has 1 fully saturated rings. The molecule has 0 saturated carbocycles. The Morgan fingerprint density at radius 2 is 1.76 bits per heavy atom. The molecule has 0 radical (unpaired) electrons. The first-order valence-corrected chi connectivity index (χ1v) is 14.3. The van der Waals surface area contributed by atoms with Crippen molar-refractivity contribution in [3.05, 3.63) is 83.7 Å². The van der Waals surface area contributed by atoms with Crippen molar-refractivity contribution < 1.29 is 14.3 Å². The minimum Gasteiger partial charge on any atom is -0.487 e. The van der Waals surface area contributed by atoms with E-state index in [-0.39, 0.29) is 11.7 Å². The first-order chi connectivity index (χ1) is 17.8. The zero-order chi connectivity index (χ0) is 25.9. The van der Waals surface area contributed by atoms with Crippen LogP contribution >= 0.6 is 11.8 Å². The average molecular weight is 517 g/mol. The molecule has 0 atom stereocenters. The number of thioether (sulfide) groups is 1. The molecule has 5 rings (SSSR count). The second-order valence-electron chi connectivity index (χ2n) is 11.1. The third-order valence-electron chi connectivity index (χ3n) is 7.10. The molecule has 1 spiro atoms. The molecule has 6 heteroatoms. The number of rotatable bonds is 5. The number of hydrogen-bond acceptors (Lipinski definition) is 5. The minimum atomic E-state index is -0.469. The molecule has 1 aromatic heterocycles. The Hall–Kier alpha value is -2.99. The van der Waals surface area contributed by atoms with Gasteiger partial charge in [0.2, 0.25) is 0 Å². The van der Waals surface area contributed by atoms with E-state index in [0.717, 1.165) is 48.6 Å². The highest BCUT2D eigenvalue weighted by Gasteiger charge is 2.41. The molecule has 0 bridgehead atoms. The van der Waals surface area contributed by atoms with Gasteiger partial charge in [-0.1, -0.05) is 36.4 Å². The van der Waals surface area contributed by atoms with Gasteiger partial charge in [0.25, 0.3) is 0 Å². The van der Waals surface area contributed by atoms with Gasteiger partial charge in [-0.2, -0.15) is 11.8 Å². The second kappa shape index (κ2) is 10.8. The number of hydrogen-bond donors (Lipinski definition) is 0. The number of carbonyl (C=O) groups is 1. The summed E-state index contributed by atoms with van der Waals surface area (Å²) in [5.41, 5.74) is 5.53. The number of pyridine rings is 1. The Bertz CT molecular complexity index is 1210. The highest BCUT2D eigenvalue weighted by molar-refractivity contribution is 7.97. The molecule has 0 aliphatic carbocycles. The Morgan fingerprint density at radius 1 is 1.00 bits per heavy atom. The van der Waals surface area contributed by atoms with Crippen LogP contribution in [0.3, 0.4) is 0 Å². The van der Waals surface area contributed by atoms with Gasteiger partial charge >= 0.3 is 6.09 Å². The van der Waals surface area contributed by atoms with Gasteiger partial charge in [-0.15, -0.1) is 0 Å². The summed E-state index contributed by atoms with van der Waals surface area (Å²) in [6, 6.07) is 21.5. The molecule has 1 amide bonds. The predicted molar refractivity (Wildman–Crippen MR) is 150 cm³/mol. The molecule has 2 aromatic carbocycles. The molecule has 2 aliphatic heterocycles. The summed E-state index contributed by atoms with van der Waals surface area (Å²) < 4.78 is 12.1. The fourth-order valence-electron chi connectivity index (χ4n) is 5.03. The lowest BCUT2D eigenvalue weighted by Crippen LogP contribution is -2.52. The van der Waals surface area contributed by atoms with Crippen molar-refractivity contribution in [1.82, 2.24) is 9.88 Å². The van der Waals surface area contributed by atoms with E-state index in [4.69, 9.17) is 9.47 Å². The van der Waals surface area contributed by atoms with Crippen molar-refractivity contribution in [3.63, 3.8) is 0 Å². The first-order valence-electron chi connectivity index (χ1n) is 13.2. The summed E-state index contributed by atoms with van der Waals surface area (Å²) in [6.07, 6.45) is 5.29. The maximum Gasteiger partial charge on any atom is 0.410 e. The van der Waals surface area contributed by atoms with Crippen molar-refractivity contribution >= 4 is 17.9 Å². The van der Waals surface area contributed by atoms with E-state index in [0.29, 0.717) is 13.1 Å². The molecular weight excluding hydrogens is 480 g/mol. The van der Waals surface area contributed by atoms with Gasteiger partial charge in [0.15, 0.2) is 0 Å². The van der Waals surface area contributed by atoms with Crippen LogP contribution in [0, 0.1) is 0 Å². The van der Waals surface area contributed by atoms with Gasteiger partial charge < -0.3 is 14.4 Å². The van der Waals surface area contributed by atoms with Crippen LogP contribution in [0.25, 0.3) is 11.1 Å². The topological polar surface area (TPSA) is 51.7 Å². The molecule has 1 saturated heterocycles. The lowest BCUT2D eigenvalue weighted by molar-refractivity contribution is -0.0272. The van der Waals surface area contributed by atoms with Crippen LogP contribution in [-0.4, -0.2) is 40.3 Å². The van der Waals surface area contributed by atoms with Crippen LogP contribution in [0.15, 0.2) is 66.9 Å². The Labute approximate surface area is 224 Å². The van der Waals surface area contributed by atoms with Crippen molar-refractivity contribution in [2.24, 2.45) is 0 Å². The minimum absolute atomic E-state index is 0.179. The van der Waals surface area contributed by atoms with Crippen molar-refractivity contribution in [1.29, 1.82) is 0 Å². The number of ether oxygens (including phenoxy) is 2. The summed E-state index contributed by atoms with van der Waals surface area (Å²) in [7, 11) is 0. The van der Waals surface area contributed by atoms with Crippen molar-refractivity contribution in [2.75, 3.05) is 13.1 Å². The van der Waals surface area contributed by atoms with Gasteiger partial charge in [0.1, 0.15) is 17.0 Å². The highest BCUT2D eigenvalue weighted by atomic mass is 32.2. The van der Waals surface area contributed by atoms with Crippen LogP contribution in [0.4, 0.5) is 4.79 Å². The highest BCUT2D eigenvalue weighted by Crippen LogP contribution is 2.41. The predicted octanol–water partition coefficient (Wildman–Crippen LogP) is 7.28. The van der Waals surface area contributed by atoms with E-state index in [9.17, 15) is 4.79 Å². The first kappa shape index (κ1) is 25.7. The monoisotopic (exact) mass is 516 g/mol. The number of fused-ring (bicyclic) bond motifs is 1. The second-order valence-corrected chi connectivity index (χ2v) is 12.1. The van der Waals surface area contributed by atoms with Crippen LogP contribution in [-0.2, 0) is 22.7 Å². The van der Waals surface area contributed by atoms with E-state index in [2.05, 4.69) is 53.5 Å². The van der Waals surface area contributed by atoms with Gasteiger partial charge in [0.05, 0.1) is 5.69 Å². The van der Waals surface area contributed by atoms with E-state index >= 15 is 0 Å². The maximum absolute atomic E-state index is 12.4. The summed E-state index contributed by atoms with van der Waals surface area (Å²) in [5.74, 6) is 2.89. The van der Waals surface area contributed by atoms with Crippen LogP contribution < -0.4 is 4.74 Å². The Balaban J connectivity index is 1.17. The Morgan fingerprint density at radius 3 is 2.46 bits per heavy atom. The summed E-state index contributed by atoms with van der Waals surface area (Å²) in [4.78, 5) is 18.7. The molecule has 3 heterocycles. The lowest BCUT2D eigenvalue weighted by atomic mass is 9.82. The summed E-state index contributed by atoms with van der Waals surface area (Å²) in [5, 5.41) is 0. The van der Waals surface area contributed by atoms with E-state index in [1.165, 1.54) is 22.3 Å². The zero-order valence-corrected chi connectivity index (χ0v) is 22.9. The number of carbonyl (C=O) groups excluding carboxylic acids is 1. The number of piperidine rings is 1. The maximum atomic E-state index is 12.4. The molecule has 5 nitrogen and oxygen atoms in total. The SMILES string of the molecule is CC(C)(C)OC(=O)N1CCC2(CCc3cc(-c4ccc(CSCc5ccccn5)cc4)ccc3O2)CC1. The fourth-order valence-corrected chi connectivity index (χ4v) is 5.94. The molecule has 0 N–H and O–H groups in total. The molecule has 0 unspecified atom stereocenters. The molecule has 37 heavy (non-hydrogen) atoms. The van der Waals surface area contributed by atoms with Crippen molar-refractivity contribution in [2.45, 2.75) is 69.2 Å². The van der Waals surface area contributed by atoms with Gasteiger partial charge in [0, 0.05) is 43.6 Å². The van der Waals surface area contributed by atoms with E-state index in [1.807, 2.05) is 55.8 Å². The Kier molecular flexibility index (Phi) is 7.47. The summed E-state index contributed by atoms with van der Waals surface area (Å²) >= 11 is 1.89. The van der Waals surface area contributed by atoms with Gasteiger partial charge in [-0.25, -0.2) is 4.79 Å². The van der Waals surface area contributed by atoms with Crippen LogP contribution in [0.1, 0.15) is 56.9 Å². The van der Waals surface area contributed by atoms with Crippen LogP contribution in [0.2, 0.25) is 0 Å². The number of aromatic nitrogens is 1. The van der Waals surface area contributed by atoms with E-state index < -0.39 is 5.60 Å². The standard InChI is InChI=1S/C31H36N2O3S/c1-30(2,3)36-29(34)33-18-15-31(16-19-33)14-13-26-20-25(11-12-28(26)35-31)24-9-7-23(8-10-24)21-37-22-27-6-4-5-17-32-27/h4-12,17,20H,13-16,18-19,21-22H2,1-3H3. The molecule has 194 valence electrons. The van der Waals surface area contributed by atoms with Gasteiger partial charge in [-0.3, -0.25) is 4.98 Å². The van der Waals surface area contributed by atoms with Crippen LogP contribution in [0.5, 0.6) is 5.75 Å². The third-order valence-corrected chi connectivity index (χ3v) is 8.13. The number of aryl methyl sites for hydroxylation is 1. The number of likely N-dealkylation sites (tertiary alicyclic amines) is 1. The third kappa shape index (κ3) is 6.48. The van der Waals surface area contributed by atoms with E-state index in [1.54, 1.807) is 0 Å². The van der Waals surface area contributed by atoms with Crippen molar-refractivity contribution in [3.8, 4) is 16.9 Å².